The molecule has 1 unspecified atom stereocenters. The van der Waals surface area contributed by atoms with E-state index in [1.807, 2.05) is 23.7 Å². The van der Waals surface area contributed by atoms with Gasteiger partial charge in [-0.1, -0.05) is 24.3 Å². The molecule has 0 saturated heterocycles. The predicted molar refractivity (Wildman–Crippen MR) is 113 cm³/mol. The van der Waals surface area contributed by atoms with E-state index < -0.39 is 12.2 Å². The van der Waals surface area contributed by atoms with Gasteiger partial charge in [-0.3, -0.25) is 4.79 Å². The fourth-order valence-corrected chi connectivity index (χ4v) is 4.28. The lowest BCUT2D eigenvalue weighted by molar-refractivity contribution is 0.102. The van der Waals surface area contributed by atoms with Crippen LogP contribution in [0.25, 0.3) is 11.0 Å². The van der Waals surface area contributed by atoms with E-state index in [-0.39, 0.29) is 11.9 Å². The summed E-state index contributed by atoms with van der Waals surface area (Å²) in [6, 6.07) is 13.1. The average Bonchev–Trinajstić information content (AvgIpc) is 3.37. The number of aryl methyl sites for hydroxylation is 2. The van der Waals surface area contributed by atoms with Crippen molar-refractivity contribution >= 4 is 22.8 Å². The zero-order valence-electron chi connectivity index (χ0n) is 16.9. The second-order valence-electron chi connectivity index (χ2n) is 7.84. The van der Waals surface area contributed by atoms with Crippen LogP contribution in [0.4, 0.5) is 14.6 Å². The number of hydrogen-bond donors (Lipinski definition) is 2. The first-order valence-electron chi connectivity index (χ1n) is 10.2. The SMILES string of the molecule is Cc1cnn(C2CCCc3ccccc32)c1NC(=O)c1ccc2nc(C(F)F)[nH]c2c1. The fraction of sp³-hybridized carbons (Fsp3) is 0.261. The largest absolute Gasteiger partial charge is 0.337 e. The highest BCUT2D eigenvalue weighted by Gasteiger charge is 2.25. The molecule has 2 aromatic heterocycles. The lowest BCUT2D eigenvalue weighted by Crippen LogP contribution is -2.22. The van der Waals surface area contributed by atoms with Crippen molar-refractivity contribution in [2.24, 2.45) is 0 Å². The molecule has 4 aromatic rings. The third-order valence-electron chi connectivity index (χ3n) is 5.81. The summed E-state index contributed by atoms with van der Waals surface area (Å²) in [5.74, 6) is -0.0915. The van der Waals surface area contributed by atoms with Gasteiger partial charge >= 0.3 is 0 Å². The number of aromatic nitrogens is 4. The summed E-state index contributed by atoms with van der Waals surface area (Å²) in [4.78, 5) is 19.4. The highest BCUT2D eigenvalue weighted by molar-refractivity contribution is 6.05. The lowest BCUT2D eigenvalue weighted by atomic mass is 9.88. The van der Waals surface area contributed by atoms with Gasteiger partial charge in [-0.2, -0.15) is 5.10 Å². The van der Waals surface area contributed by atoms with E-state index in [1.54, 1.807) is 18.3 Å². The normalized spacial score (nSPS) is 15.9. The van der Waals surface area contributed by atoms with Crippen molar-refractivity contribution in [3.8, 4) is 0 Å². The van der Waals surface area contributed by atoms with E-state index in [4.69, 9.17) is 0 Å². The number of nitrogens with one attached hydrogen (secondary N) is 2. The Morgan fingerprint density at radius 2 is 2.10 bits per heavy atom. The van der Waals surface area contributed by atoms with Gasteiger partial charge in [0.05, 0.1) is 23.3 Å². The van der Waals surface area contributed by atoms with Gasteiger partial charge in [0, 0.05) is 11.1 Å². The number of carbonyl (C=O) groups is 1. The lowest BCUT2D eigenvalue weighted by Gasteiger charge is -2.27. The van der Waals surface area contributed by atoms with Crippen LogP contribution >= 0.6 is 0 Å². The molecule has 1 aliphatic carbocycles. The zero-order chi connectivity index (χ0) is 21.5. The summed E-state index contributed by atoms with van der Waals surface area (Å²) >= 11 is 0. The Morgan fingerprint density at radius 1 is 1.26 bits per heavy atom. The number of fused-ring (bicyclic) bond motifs is 2. The number of rotatable bonds is 4. The summed E-state index contributed by atoms with van der Waals surface area (Å²) in [5.41, 5.74) is 4.54. The molecule has 0 bridgehead atoms. The van der Waals surface area contributed by atoms with Crippen LogP contribution in [-0.4, -0.2) is 25.7 Å². The first-order valence-corrected chi connectivity index (χ1v) is 10.2. The van der Waals surface area contributed by atoms with Crippen molar-refractivity contribution in [3.05, 3.63) is 76.7 Å². The van der Waals surface area contributed by atoms with Crippen molar-refractivity contribution in [2.45, 2.75) is 38.7 Å². The number of alkyl halides is 2. The Hall–Kier alpha value is -3.55. The van der Waals surface area contributed by atoms with Gasteiger partial charge < -0.3 is 10.3 Å². The molecule has 0 spiro atoms. The van der Waals surface area contributed by atoms with Gasteiger partial charge in [0.2, 0.25) is 0 Å². The van der Waals surface area contributed by atoms with Gasteiger partial charge in [-0.05, 0) is 55.5 Å². The molecule has 6 nitrogen and oxygen atoms in total. The van der Waals surface area contributed by atoms with Crippen LogP contribution in [0.2, 0.25) is 0 Å². The number of halogens is 2. The first-order chi connectivity index (χ1) is 15.0. The van der Waals surface area contributed by atoms with Crippen molar-refractivity contribution in [1.29, 1.82) is 0 Å². The number of anilines is 1. The molecule has 0 aliphatic heterocycles. The number of imidazole rings is 1. The molecule has 31 heavy (non-hydrogen) atoms. The van der Waals surface area contributed by atoms with Crippen molar-refractivity contribution in [3.63, 3.8) is 0 Å². The molecule has 0 radical (unpaired) electrons. The second kappa shape index (κ2) is 7.61. The first kappa shape index (κ1) is 19.4. The van der Waals surface area contributed by atoms with Gasteiger partial charge in [-0.25, -0.2) is 18.4 Å². The number of nitrogens with zero attached hydrogens (tertiary/aromatic N) is 3. The van der Waals surface area contributed by atoms with Gasteiger partial charge in [0.25, 0.3) is 12.3 Å². The predicted octanol–water partition coefficient (Wildman–Crippen LogP) is 5.18. The Kier molecular flexibility index (Phi) is 4.77. The van der Waals surface area contributed by atoms with Gasteiger partial charge in [0.1, 0.15) is 5.82 Å². The van der Waals surface area contributed by atoms with Gasteiger partial charge in [-0.15, -0.1) is 0 Å². The van der Waals surface area contributed by atoms with Crippen LogP contribution in [-0.2, 0) is 6.42 Å². The molecule has 0 fully saturated rings. The topological polar surface area (TPSA) is 75.6 Å². The van der Waals surface area contributed by atoms with Crippen molar-refractivity contribution in [2.75, 3.05) is 5.32 Å². The van der Waals surface area contributed by atoms with Crippen LogP contribution in [0.15, 0.2) is 48.7 Å². The summed E-state index contributed by atoms with van der Waals surface area (Å²) in [6.07, 6.45) is 2.09. The zero-order valence-corrected chi connectivity index (χ0v) is 16.9. The standard InChI is InChI=1S/C23H21F2N5O/c1-13-12-26-30(19-8-4-6-14-5-2-3-7-16(14)19)22(13)29-23(31)15-9-10-17-18(11-15)28-21(27-17)20(24)25/h2-3,5,7,9-12,19-20H,4,6,8H2,1H3,(H,27,28)(H,29,31). The summed E-state index contributed by atoms with van der Waals surface area (Å²) in [5, 5.41) is 7.54. The summed E-state index contributed by atoms with van der Waals surface area (Å²) in [6.45, 7) is 1.90. The molecule has 2 heterocycles. The van der Waals surface area contributed by atoms with E-state index in [0.29, 0.717) is 22.4 Å². The fourth-order valence-electron chi connectivity index (χ4n) is 4.28. The number of H-pyrrole nitrogens is 1. The Labute approximate surface area is 177 Å². The minimum absolute atomic E-state index is 0.0534. The molecule has 158 valence electrons. The smallest absolute Gasteiger partial charge is 0.295 e. The highest BCUT2D eigenvalue weighted by Crippen LogP contribution is 2.35. The molecule has 0 saturated carbocycles. The van der Waals surface area contributed by atoms with Crippen molar-refractivity contribution < 1.29 is 13.6 Å². The minimum Gasteiger partial charge on any atom is -0.337 e. The van der Waals surface area contributed by atoms with E-state index >= 15 is 0 Å². The van der Waals surface area contributed by atoms with Crippen LogP contribution < -0.4 is 5.32 Å². The molecular weight excluding hydrogens is 400 g/mol. The summed E-state index contributed by atoms with van der Waals surface area (Å²) < 4.78 is 27.7. The number of benzene rings is 2. The maximum atomic E-state index is 13.0. The maximum Gasteiger partial charge on any atom is 0.295 e. The van der Waals surface area contributed by atoms with E-state index in [1.165, 1.54) is 17.2 Å². The highest BCUT2D eigenvalue weighted by atomic mass is 19.3. The monoisotopic (exact) mass is 421 g/mol. The van der Waals surface area contributed by atoms with Crippen LogP contribution in [0.3, 0.4) is 0 Å². The summed E-state index contributed by atoms with van der Waals surface area (Å²) in [7, 11) is 0. The molecule has 1 atom stereocenters. The van der Waals surface area contributed by atoms with Gasteiger partial charge in [0.15, 0.2) is 5.82 Å². The molecule has 1 aliphatic rings. The number of carbonyl (C=O) groups excluding carboxylic acids is 1. The molecule has 2 N–H and O–H groups in total. The maximum absolute atomic E-state index is 13.0. The molecule has 1 amide bonds. The van der Waals surface area contributed by atoms with Crippen LogP contribution in [0, 0.1) is 6.92 Å². The number of amides is 1. The molecule has 8 heteroatoms. The van der Waals surface area contributed by atoms with Crippen LogP contribution in [0.1, 0.15) is 58.2 Å². The molecule has 2 aromatic carbocycles. The number of hydrogen-bond acceptors (Lipinski definition) is 3. The Morgan fingerprint density at radius 3 is 2.94 bits per heavy atom. The third-order valence-corrected chi connectivity index (χ3v) is 5.81. The quantitative estimate of drug-likeness (QED) is 0.477. The third kappa shape index (κ3) is 3.48. The molecular formula is C23H21F2N5O. The van der Waals surface area contributed by atoms with Crippen molar-refractivity contribution in [1.82, 2.24) is 19.7 Å². The van der Waals surface area contributed by atoms with E-state index in [9.17, 15) is 13.6 Å². The Balaban J connectivity index is 1.46. The minimum atomic E-state index is -2.69. The Bertz CT molecular complexity index is 1280. The second-order valence-corrected chi connectivity index (χ2v) is 7.84. The van der Waals surface area contributed by atoms with E-state index in [2.05, 4.69) is 32.5 Å². The van der Waals surface area contributed by atoms with Crippen LogP contribution in [0.5, 0.6) is 0 Å². The number of aromatic amines is 1. The average molecular weight is 421 g/mol. The molecule has 5 rings (SSSR count). The van der Waals surface area contributed by atoms with E-state index in [0.717, 1.165) is 24.8 Å².